The predicted molar refractivity (Wildman–Crippen MR) is 80.1 cm³/mol. The summed E-state index contributed by atoms with van der Waals surface area (Å²) in [5, 5.41) is 0. The maximum atomic E-state index is 6.12. The summed E-state index contributed by atoms with van der Waals surface area (Å²) < 4.78 is 5.34. The largest absolute Gasteiger partial charge is 0.384 e. The van der Waals surface area contributed by atoms with Crippen molar-refractivity contribution in [1.82, 2.24) is 4.90 Å². The van der Waals surface area contributed by atoms with Crippen molar-refractivity contribution in [3.63, 3.8) is 0 Å². The summed E-state index contributed by atoms with van der Waals surface area (Å²) in [5.74, 6) is 2.48. The summed E-state index contributed by atoms with van der Waals surface area (Å²) in [5.41, 5.74) is 6.12. The van der Waals surface area contributed by atoms with E-state index in [0.29, 0.717) is 6.04 Å². The number of methoxy groups -OCH3 is 1. The molecular weight excluding hydrogens is 236 g/mol. The first-order valence-electron chi connectivity index (χ1n) is 8.17. The molecule has 3 nitrogen and oxygen atoms in total. The Labute approximate surface area is 118 Å². The zero-order valence-electron chi connectivity index (χ0n) is 12.8. The highest BCUT2D eigenvalue weighted by Gasteiger charge is 2.32. The number of rotatable bonds is 5. The van der Waals surface area contributed by atoms with Gasteiger partial charge in [0.2, 0.25) is 0 Å². The van der Waals surface area contributed by atoms with Crippen molar-refractivity contribution < 1.29 is 4.74 Å². The van der Waals surface area contributed by atoms with E-state index in [1.54, 1.807) is 0 Å². The van der Waals surface area contributed by atoms with Crippen molar-refractivity contribution >= 4 is 0 Å². The van der Waals surface area contributed by atoms with Crippen LogP contribution < -0.4 is 5.73 Å². The fraction of sp³-hybridized carbons (Fsp3) is 1.00. The molecule has 0 aromatic rings. The minimum atomic E-state index is 0.618. The van der Waals surface area contributed by atoms with Gasteiger partial charge in [0.05, 0.1) is 6.61 Å². The minimum Gasteiger partial charge on any atom is -0.384 e. The second kappa shape index (κ2) is 7.61. The van der Waals surface area contributed by atoms with Crippen molar-refractivity contribution in [3.8, 4) is 0 Å². The standard InChI is InChI=1S/C16H32N2O/c1-13-5-7-15(8-6-13)16(10-17)18-9-3-4-14(11-18)12-19-2/h13-16H,3-12,17H2,1-2H3. The topological polar surface area (TPSA) is 38.5 Å². The van der Waals surface area contributed by atoms with Gasteiger partial charge in [-0.3, -0.25) is 4.90 Å². The average molecular weight is 268 g/mol. The van der Waals surface area contributed by atoms with E-state index < -0.39 is 0 Å². The molecule has 2 rings (SSSR count). The number of piperidine rings is 1. The number of hydrogen-bond acceptors (Lipinski definition) is 3. The molecule has 2 N–H and O–H groups in total. The molecule has 1 aliphatic carbocycles. The van der Waals surface area contributed by atoms with Crippen molar-refractivity contribution in [2.75, 3.05) is 33.4 Å². The van der Waals surface area contributed by atoms with Gasteiger partial charge in [-0.25, -0.2) is 0 Å². The molecule has 1 aliphatic heterocycles. The van der Waals surface area contributed by atoms with E-state index >= 15 is 0 Å². The van der Waals surface area contributed by atoms with Crippen molar-refractivity contribution in [2.45, 2.75) is 51.5 Å². The smallest absolute Gasteiger partial charge is 0.0502 e. The Kier molecular flexibility index (Phi) is 6.11. The Hall–Kier alpha value is -0.120. The van der Waals surface area contributed by atoms with Gasteiger partial charge in [0.25, 0.3) is 0 Å². The maximum Gasteiger partial charge on any atom is 0.0502 e. The molecule has 0 bridgehead atoms. The van der Waals surface area contributed by atoms with Crippen molar-refractivity contribution in [2.24, 2.45) is 23.5 Å². The number of nitrogens with two attached hydrogens (primary N) is 1. The molecule has 1 saturated heterocycles. The molecule has 3 heteroatoms. The first-order chi connectivity index (χ1) is 9.24. The molecule has 0 aromatic heterocycles. The number of ether oxygens (including phenoxy) is 1. The van der Waals surface area contributed by atoms with E-state index in [2.05, 4.69) is 11.8 Å². The van der Waals surface area contributed by atoms with Crippen LogP contribution in [0.25, 0.3) is 0 Å². The molecule has 2 aliphatic rings. The van der Waals surface area contributed by atoms with Gasteiger partial charge in [-0.2, -0.15) is 0 Å². The third kappa shape index (κ3) is 4.17. The van der Waals surface area contributed by atoms with Gasteiger partial charge in [0.1, 0.15) is 0 Å². The third-order valence-electron chi connectivity index (χ3n) is 5.27. The molecule has 0 spiro atoms. The highest BCUT2D eigenvalue weighted by molar-refractivity contribution is 4.86. The first kappa shape index (κ1) is 15.3. The zero-order valence-corrected chi connectivity index (χ0v) is 12.8. The lowest BCUT2D eigenvalue weighted by Gasteiger charge is -2.43. The molecule has 2 atom stereocenters. The van der Waals surface area contributed by atoms with Crippen LogP contribution in [0.2, 0.25) is 0 Å². The second-order valence-corrected chi connectivity index (χ2v) is 6.78. The normalized spacial score (nSPS) is 35.2. The van der Waals surface area contributed by atoms with Gasteiger partial charge >= 0.3 is 0 Å². The van der Waals surface area contributed by atoms with E-state index in [4.69, 9.17) is 10.5 Å². The molecular formula is C16H32N2O. The Bertz CT molecular complexity index is 249. The van der Waals surface area contributed by atoms with Crippen LogP contribution in [-0.2, 0) is 4.74 Å². The van der Waals surface area contributed by atoms with Gasteiger partial charge < -0.3 is 10.5 Å². The van der Waals surface area contributed by atoms with Crippen LogP contribution in [0.5, 0.6) is 0 Å². The molecule has 0 aromatic carbocycles. The van der Waals surface area contributed by atoms with Gasteiger partial charge in [-0.1, -0.05) is 19.8 Å². The van der Waals surface area contributed by atoms with E-state index in [0.717, 1.165) is 30.9 Å². The summed E-state index contributed by atoms with van der Waals surface area (Å²) in [6.07, 6.45) is 8.20. The highest BCUT2D eigenvalue weighted by Crippen LogP contribution is 2.33. The van der Waals surface area contributed by atoms with Gasteiger partial charge in [0, 0.05) is 26.2 Å². The van der Waals surface area contributed by atoms with Crippen LogP contribution in [0.3, 0.4) is 0 Å². The maximum absolute atomic E-state index is 6.12. The summed E-state index contributed by atoms with van der Waals surface area (Å²) in [6.45, 7) is 6.58. The fourth-order valence-electron chi connectivity index (χ4n) is 4.08. The highest BCUT2D eigenvalue weighted by atomic mass is 16.5. The monoisotopic (exact) mass is 268 g/mol. The number of nitrogens with zero attached hydrogens (tertiary/aromatic N) is 1. The third-order valence-corrected chi connectivity index (χ3v) is 5.27. The second-order valence-electron chi connectivity index (χ2n) is 6.78. The van der Waals surface area contributed by atoms with Gasteiger partial charge in [0.15, 0.2) is 0 Å². The summed E-state index contributed by atoms with van der Waals surface area (Å²) in [6, 6.07) is 0.618. The van der Waals surface area contributed by atoms with Gasteiger partial charge in [-0.05, 0) is 50.0 Å². The van der Waals surface area contributed by atoms with Crippen molar-refractivity contribution in [1.29, 1.82) is 0 Å². The van der Waals surface area contributed by atoms with E-state index in [1.165, 1.54) is 51.6 Å². The predicted octanol–water partition coefficient (Wildman–Crippen LogP) is 2.50. The molecule has 0 radical (unpaired) electrons. The van der Waals surface area contributed by atoms with E-state index in [-0.39, 0.29) is 0 Å². The Morgan fingerprint density at radius 2 is 1.95 bits per heavy atom. The van der Waals surface area contributed by atoms with Crippen LogP contribution in [-0.4, -0.2) is 44.3 Å². The fourth-order valence-corrected chi connectivity index (χ4v) is 4.08. The van der Waals surface area contributed by atoms with Crippen LogP contribution in [0.1, 0.15) is 45.4 Å². The Morgan fingerprint density at radius 3 is 2.58 bits per heavy atom. The van der Waals surface area contributed by atoms with Crippen LogP contribution in [0, 0.1) is 17.8 Å². The summed E-state index contributed by atoms with van der Waals surface area (Å²) >= 11 is 0. The molecule has 1 saturated carbocycles. The zero-order chi connectivity index (χ0) is 13.7. The van der Waals surface area contributed by atoms with Gasteiger partial charge in [-0.15, -0.1) is 0 Å². The van der Waals surface area contributed by atoms with E-state index in [9.17, 15) is 0 Å². The first-order valence-corrected chi connectivity index (χ1v) is 8.17. The van der Waals surface area contributed by atoms with Crippen LogP contribution in [0.15, 0.2) is 0 Å². The minimum absolute atomic E-state index is 0.618. The molecule has 112 valence electrons. The summed E-state index contributed by atoms with van der Waals surface area (Å²) in [4.78, 5) is 2.67. The molecule has 0 amide bonds. The van der Waals surface area contributed by atoms with E-state index in [1.807, 2.05) is 7.11 Å². The lowest BCUT2D eigenvalue weighted by Crippen LogP contribution is -2.51. The SMILES string of the molecule is COCC1CCCN(C(CN)C2CCC(C)CC2)C1. The number of hydrogen-bond donors (Lipinski definition) is 1. The van der Waals surface area contributed by atoms with Crippen LogP contribution >= 0.6 is 0 Å². The van der Waals surface area contributed by atoms with Crippen molar-refractivity contribution in [3.05, 3.63) is 0 Å². The quantitative estimate of drug-likeness (QED) is 0.832. The molecule has 2 unspecified atom stereocenters. The Morgan fingerprint density at radius 1 is 1.21 bits per heavy atom. The molecule has 1 heterocycles. The lowest BCUT2D eigenvalue weighted by atomic mass is 9.78. The average Bonchev–Trinajstić information content (AvgIpc) is 2.43. The number of likely N-dealkylation sites (tertiary alicyclic amines) is 1. The summed E-state index contributed by atoms with van der Waals surface area (Å²) in [7, 11) is 1.82. The Balaban J connectivity index is 1.89. The molecule has 19 heavy (non-hydrogen) atoms. The molecule has 2 fully saturated rings. The van der Waals surface area contributed by atoms with Crippen LogP contribution in [0.4, 0.5) is 0 Å². The lowest BCUT2D eigenvalue weighted by molar-refractivity contribution is 0.0417.